The van der Waals surface area contributed by atoms with Gasteiger partial charge in [-0.15, -0.1) is 0 Å². The van der Waals surface area contributed by atoms with Crippen molar-refractivity contribution in [2.45, 2.75) is 19.0 Å². The quantitative estimate of drug-likeness (QED) is 0.547. The van der Waals surface area contributed by atoms with Crippen LogP contribution in [-0.2, 0) is 0 Å². The van der Waals surface area contributed by atoms with Crippen LogP contribution in [0.25, 0.3) is 0 Å². The van der Waals surface area contributed by atoms with E-state index in [2.05, 4.69) is 11.4 Å². The third-order valence-corrected chi connectivity index (χ3v) is 5.61. The first-order valence-corrected chi connectivity index (χ1v) is 10.9. The molecule has 3 aromatic carbocycles. The zero-order valence-electron chi connectivity index (χ0n) is 18.0. The average molecular weight is 441 g/mol. The second-order valence-corrected chi connectivity index (χ2v) is 7.78. The van der Waals surface area contributed by atoms with Crippen molar-refractivity contribution >= 4 is 17.3 Å². The number of hydrogen-bond acceptors (Lipinski definition) is 6. The molecule has 0 fully saturated rings. The second kappa shape index (κ2) is 9.13. The molecule has 2 aliphatic heterocycles. The molecule has 166 valence electrons. The van der Waals surface area contributed by atoms with Crippen molar-refractivity contribution in [2.24, 2.45) is 0 Å². The van der Waals surface area contributed by atoms with Gasteiger partial charge in [0.05, 0.1) is 23.9 Å². The lowest BCUT2D eigenvalue weighted by molar-refractivity contribution is 0.0974. The summed E-state index contributed by atoms with van der Waals surface area (Å²) in [7, 11) is 0. The molecule has 1 unspecified atom stereocenters. The first-order valence-electron chi connectivity index (χ1n) is 10.9. The number of benzene rings is 3. The largest absolute Gasteiger partial charge is 0.494 e. The van der Waals surface area contributed by atoms with E-state index in [-0.39, 0.29) is 5.91 Å². The Morgan fingerprint density at radius 1 is 1.03 bits per heavy atom. The molecule has 7 nitrogen and oxygen atoms in total. The number of anilines is 2. The summed E-state index contributed by atoms with van der Waals surface area (Å²) in [5.74, 6) is 1.89. The van der Waals surface area contributed by atoms with E-state index in [9.17, 15) is 4.79 Å². The third-order valence-electron chi connectivity index (χ3n) is 5.61. The van der Waals surface area contributed by atoms with Crippen LogP contribution in [0.4, 0.5) is 11.4 Å². The number of rotatable bonds is 6. The van der Waals surface area contributed by atoms with Gasteiger partial charge in [0.15, 0.2) is 11.5 Å². The molecule has 7 heteroatoms. The number of fused-ring (bicyclic) bond motifs is 2. The molecular weight excluding hydrogens is 418 g/mol. The number of unbranched alkanes of at least 4 members (excludes halogenated alkanes) is 1. The summed E-state index contributed by atoms with van der Waals surface area (Å²) in [5, 5.41) is 12.2. The molecule has 33 heavy (non-hydrogen) atoms. The highest BCUT2D eigenvalue weighted by molar-refractivity contribution is 6.12. The van der Waals surface area contributed by atoms with Crippen LogP contribution >= 0.6 is 0 Å². The molecule has 0 aromatic heterocycles. The fraction of sp³-hybridized carbons (Fsp3) is 0.231. The van der Waals surface area contributed by atoms with Crippen molar-refractivity contribution in [3.8, 4) is 23.3 Å². The second-order valence-electron chi connectivity index (χ2n) is 7.78. The molecule has 0 saturated heterocycles. The summed E-state index contributed by atoms with van der Waals surface area (Å²) in [6.07, 6.45) is 0.669. The molecule has 0 radical (unpaired) electrons. The van der Waals surface area contributed by atoms with Gasteiger partial charge in [0.25, 0.3) is 5.91 Å². The van der Waals surface area contributed by atoms with Crippen LogP contribution in [0.15, 0.2) is 66.7 Å². The van der Waals surface area contributed by atoms with Gasteiger partial charge in [-0.2, -0.15) is 5.26 Å². The summed E-state index contributed by atoms with van der Waals surface area (Å²) in [6, 6.07) is 22.8. The maximum Gasteiger partial charge on any atom is 0.262 e. The van der Waals surface area contributed by atoms with E-state index in [0.29, 0.717) is 61.2 Å². The molecule has 5 rings (SSSR count). The number of ether oxygens (including phenoxy) is 3. The fourth-order valence-electron chi connectivity index (χ4n) is 4.05. The predicted octanol–water partition coefficient (Wildman–Crippen LogP) is 4.91. The van der Waals surface area contributed by atoms with Crippen LogP contribution in [0.5, 0.6) is 17.2 Å². The third kappa shape index (κ3) is 4.15. The lowest BCUT2D eigenvalue weighted by atomic mass is 10.0. The maximum absolute atomic E-state index is 13.6. The minimum Gasteiger partial charge on any atom is -0.494 e. The van der Waals surface area contributed by atoms with Crippen LogP contribution in [0.2, 0.25) is 0 Å². The Hall–Kier alpha value is -4.18. The molecule has 3 aromatic rings. The molecule has 0 bridgehead atoms. The smallest absolute Gasteiger partial charge is 0.262 e. The molecule has 0 saturated carbocycles. The molecule has 1 amide bonds. The van der Waals surface area contributed by atoms with E-state index in [4.69, 9.17) is 19.5 Å². The Morgan fingerprint density at radius 3 is 2.76 bits per heavy atom. The predicted molar refractivity (Wildman–Crippen MR) is 124 cm³/mol. The van der Waals surface area contributed by atoms with Crippen LogP contribution in [-0.4, -0.2) is 25.7 Å². The number of para-hydroxylation sites is 1. The molecular formula is C26H23N3O4. The number of carbonyl (C=O) groups excluding carboxylic acids is 1. The van der Waals surface area contributed by atoms with Crippen molar-refractivity contribution in [3.63, 3.8) is 0 Å². The first kappa shape index (κ1) is 20.7. The number of nitriles is 1. The summed E-state index contributed by atoms with van der Waals surface area (Å²) in [6.45, 7) is 1.44. The molecule has 1 atom stereocenters. The standard InChI is InChI=1S/C26H23N3O4/c27-12-3-4-13-31-20-7-5-6-18(16-20)25-28-22-9-2-1-8-21(22)26(30)29(25)19-10-11-23-24(17-19)33-15-14-32-23/h1-2,5-11,16-17,25,28H,3-4,13-15H2. The van der Waals surface area contributed by atoms with E-state index in [1.807, 2.05) is 66.7 Å². The number of carbonyl (C=O) groups is 1. The van der Waals surface area contributed by atoms with Gasteiger partial charge in [-0.05, 0) is 48.4 Å². The first-order chi connectivity index (χ1) is 16.2. The van der Waals surface area contributed by atoms with Crippen molar-refractivity contribution in [1.29, 1.82) is 5.26 Å². The Morgan fingerprint density at radius 2 is 1.88 bits per heavy atom. The minimum atomic E-state index is -0.447. The lowest BCUT2D eigenvalue weighted by Crippen LogP contribution is -2.43. The van der Waals surface area contributed by atoms with E-state index >= 15 is 0 Å². The van der Waals surface area contributed by atoms with Gasteiger partial charge < -0.3 is 19.5 Å². The molecule has 2 aliphatic rings. The van der Waals surface area contributed by atoms with Gasteiger partial charge in [-0.25, -0.2) is 0 Å². The van der Waals surface area contributed by atoms with Gasteiger partial charge in [-0.1, -0.05) is 24.3 Å². The van der Waals surface area contributed by atoms with E-state index in [1.165, 1.54) is 0 Å². The Kier molecular flexibility index (Phi) is 5.73. The zero-order chi connectivity index (χ0) is 22.6. The number of hydrogen-bond donors (Lipinski definition) is 1. The number of nitrogens with one attached hydrogen (secondary N) is 1. The Balaban J connectivity index is 1.52. The van der Waals surface area contributed by atoms with E-state index in [0.717, 1.165) is 11.3 Å². The Labute approximate surface area is 192 Å². The molecule has 1 N–H and O–H groups in total. The van der Waals surface area contributed by atoms with Gasteiger partial charge in [0.2, 0.25) is 0 Å². The fourth-order valence-corrected chi connectivity index (χ4v) is 4.05. The Bertz CT molecular complexity index is 1220. The number of nitrogens with zero attached hydrogens (tertiary/aromatic N) is 2. The highest BCUT2D eigenvalue weighted by Gasteiger charge is 2.34. The van der Waals surface area contributed by atoms with E-state index < -0.39 is 6.17 Å². The van der Waals surface area contributed by atoms with Crippen LogP contribution in [0, 0.1) is 11.3 Å². The molecule has 2 heterocycles. The average Bonchev–Trinajstić information content (AvgIpc) is 2.86. The van der Waals surface area contributed by atoms with Crippen molar-refractivity contribution in [1.82, 2.24) is 0 Å². The van der Waals surface area contributed by atoms with Gasteiger partial charge in [-0.3, -0.25) is 9.69 Å². The van der Waals surface area contributed by atoms with Crippen LogP contribution in [0.3, 0.4) is 0 Å². The molecule has 0 aliphatic carbocycles. The molecule has 0 spiro atoms. The van der Waals surface area contributed by atoms with Gasteiger partial charge >= 0.3 is 0 Å². The van der Waals surface area contributed by atoms with Crippen molar-refractivity contribution < 1.29 is 19.0 Å². The normalized spacial score (nSPS) is 16.4. The van der Waals surface area contributed by atoms with Crippen molar-refractivity contribution in [2.75, 3.05) is 30.0 Å². The summed E-state index contributed by atoms with van der Waals surface area (Å²) < 4.78 is 17.2. The maximum atomic E-state index is 13.6. The zero-order valence-corrected chi connectivity index (χ0v) is 18.0. The van der Waals surface area contributed by atoms with Crippen LogP contribution in [0.1, 0.15) is 34.9 Å². The van der Waals surface area contributed by atoms with Gasteiger partial charge in [0.1, 0.15) is 25.1 Å². The highest BCUT2D eigenvalue weighted by atomic mass is 16.6. The minimum absolute atomic E-state index is 0.105. The summed E-state index contributed by atoms with van der Waals surface area (Å²) in [4.78, 5) is 15.4. The number of amides is 1. The monoisotopic (exact) mass is 441 g/mol. The SMILES string of the molecule is N#CCCCOc1cccc(C2Nc3ccccc3C(=O)N2c2ccc3c(c2)OCCO3)c1. The van der Waals surface area contributed by atoms with E-state index in [1.54, 1.807) is 4.90 Å². The highest BCUT2D eigenvalue weighted by Crippen LogP contribution is 2.41. The summed E-state index contributed by atoms with van der Waals surface area (Å²) in [5.41, 5.74) is 2.97. The summed E-state index contributed by atoms with van der Waals surface area (Å²) >= 11 is 0. The lowest BCUT2D eigenvalue weighted by Gasteiger charge is -2.38. The van der Waals surface area contributed by atoms with Gasteiger partial charge in [0, 0.05) is 18.2 Å². The van der Waals surface area contributed by atoms with Crippen molar-refractivity contribution in [3.05, 3.63) is 77.9 Å². The van der Waals surface area contributed by atoms with Crippen LogP contribution < -0.4 is 24.4 Å². The topological polar surface area (TPSA) is 83.8 Å².